The van der Waals surface area contributed by atoms with Crippen LogP contribution in [0.4, 0.5) is 5.69 Å². The van der Waals surface area contributed by atoms with Crippen LogP contribution in [-0.2, 0) is 9.59 Å². The van der Waals surface area contributed by atoms with Crippen LogP contribution in [0.15, 0.2) is 18.2 Å². The summed E-state index contributed by atoms with van der Waals surface area (Å²) < 4.78 is 5.12. The van der Waals surface area contributed by atoms with Gasteiger partial charge in [0.2, 0.25) is 11.8 Å². The third kappa shape index (κ3) is 2.16. The predicted molar refractivity (Wildman–Crippen MR) is 67.7 cm³/mol. The first-order valence-electron chi connectivity index (χ1n) is 5.78. The van der Waals surface area contributed by atoms with E-state index in [1.165, 1.54) is 4.90 Å². The van der Waals surface area contributed by atoms with Crippen LogP contribution in [-0.4, -0.2) is 31.5 Å². The van der Waals surface area contributed by atoms with Gasteiger partial charge < -0.3 is 15.0 Å². The fraction of sp³-hybridized carbons (Fsp3) is 0.385. The second kappa shape index (κ2) is 4.68. The average molecular weight is 248 g/mol. The summed E-state index contributed by atoms with van der Waals surface area (Å²) in [6.45, 7) is 3.64. The molecule has 1 aliphatic rings. The van der Waals surface area contributed by atoms with Gasteiger partial charge in [0.15, 0.2) is 0 Å². The zero-order valence-electron chi connectivity index (χ0n) is 10.7. The van der Waals surface area contributed by atoms with E-state index >= 15 is 0 Å². The highest BCUT2D eigenvalue weighted by Gasteiger charge is 2.31. The maximum absolute atomic E-state index is 12.1. The first kappa shape index (κ1) is 12.4. The molecule has 1 heterocycles. The lowest BCUT2D eigenvalue weighted by atomic mass is 10.1. The monoisotopic (exact) mass is 248 g/mol. The van der Waals surface area contributed by atoms with Gasteiger partial charge in [-0.3, -0.25) is 9.59 Å². The first-order chi connectivity index (χ1) is 8.52. The highest BCUT2D eigenvalue weighted by atomic mass is 16.5. The topological polar surface area (TPSA) is 58.6 Å². The Kier molecular flexibility index (Phi) is 3.23. The minimum atomic E-state index is -0.479. The number of methoxy groups -OCH3 is 1. The Morgan fingerprint density at radius 3 is 2.72 bits per heavy atom. The van der Waals surface area contributed by atoms with Crippen LogP contribution < -0.4 is 15.0 Å². The molecule has 0 radical (unpaired) electrons. The molecule has 1 saturated heterocycles. The molecule has 1 atom stereocenters. The summed E-state index contributed by atoms with van der Waals surface area (Å²) in [6.07, 6.45) is 0. The zero-order chi connectivity index (χ0) is 13.3. The van der Waals surface area contributed by atoms with Crippen molar-refractivity contribution in [2.24, 2.45) is 0 Å². The van der Waals surface area contributed by atoms with Gasteiger partial charge in [-0.2, -0.15) is 0 Å². The summed E-state index contributed by atoms with van der Waals surface area (Å²) in [5.41, 5.74) is 1.66. The molecule has 1 N–H and O–H groups in total. The second-order valence-corrected chi connectivity index (χ2v) is 4.37. The highest BCUT2D eigenvalue weighted by Crippen LogP contribution is 2.26. The van der Waals surface area contributed by atoms with E-state index in [1.54, 1.807) is 26.2 Å². The van der Waals surface area contributed by atoms with Crippen LogP contribution in [0.25, 0.3) is 0 Å². The van der Waals surface area contributed by atoms with Gasteiger partial charge in [-0.25, -0.2) is 0 Å². The third-order valence-electron chi connectivity index (χ3n) is 3.01. The lowest BCUT2D eigenvalue weighted by Crippen LogP contribution is -2.57. The standard InChI is InChI=1S/C13H16N2O3/c1-8-6-10(18-3)4-5-11(8)15-7-12(16)14-9(2)13(15)17/h4-6,9H,7H2,1-3H3,(H,14,16). The fourth-order valence-corrected chi connectivity index (χ4v) is 2.07. The van der Waals surface area contributed by atoms with Crippen LogP contribution in [0.1, 0.15) is 12.5 Å². The second-order valence-electron chi connectivity index (χ2n) is 4.37. The molecule has 1 aromatic rings. The molecule has 0 aromatic heterocycles. The number of hydrogen-bond donors (Lipinski definition) is 1. The molecule has 1 unspecified atom stereocenters. The number of nitrogens with zero attached hydrogens (tertiary/aromatic N) is 1. The number of carbonyl (C=O) groups is 2. The van der Waals surface area contributed by atoms with Crippen LogP contribution >= 0.6 is 0 Å². The van der Waals surface area contributed by atoms with Crippen LogP contribution in [0.3, 0.4) is 0 Å². The molecule has 0 aliphatic carbocycles. The molecular weight excluding hydrogens is 232 g/mol. The van der Waals surface area contributed by atoms with Crippen molar-refractivity contribution >= 4 is 17.5 Å². The van der Waals surface area contributed by atoms with Crippen molar-refractivity contribution in [3.05, 3.63) is 23.8 Å². The molecule has 1 aromatic carbocycles. The number of anilines is 1. The third-order valence-corrected chi connectivity index (χ3v) is 3.01. The highest BCUT2D eigenvalue weighted by molar-refractivity contribution is 6.06. The van der Waals surface area contributed by atoms with E-state index in [4.69, 9.17) is 4.74 Å². The van der Waals surface area contributed by atoms with Crippen molar-refractivity contribution in [2.75, 3.05) is 18.6 Å². The summed E-state index contributed by atoms with van der Waals surface area (Å²) in [6, 6.07) is 4.96. The smallest absolute Gasteiger partial charge is 0.249 e. The van der Waals surface area contributed by atoms with Crippen molar-refractivity contribution in [1.82, 2.24) is 5.32 Å². The number of hydrogen-bond acceptors (Lipinski definition) is 3. The Balaban J connectivity index is 2.35. The predicted octanol–water partition coefficient (Wildman–Crippen LogP) is 0.855. The van der Waals surface area contributed by atoms with Gasteiger partial charge in [-0.05, 0) is 37.6 Å². The lowest BCUT2D eigenvalue weighted by molar-refractivity contribution is -0.130. The van der Waals surface area contributed by atoms with Crippen molar-refractivity contribution in [3.63, 3.8) is 0 Å². The summed E-state index contributed by atoms with van der Waals surface area (Å²) in [4.78, 5) is 25.1. The summed E-state index contributed by atoms with van der Waals surface area (Å²) in [5.74, 6) is 0.499. The van der Waals surface area contributed by atoms with Crippen LogP contribution in [0, 0.1) is 6.92 Å². The molecule has 0 saturated carbocycles. The van der Waals surface area contributed by atoms with Gasteiger partial charge >= 0.3 is 0 Å². The average Bonchev–Trinajstić information content (AvgIpc) is 2.34. The molecule has 0 bridgehead atoms. The number of amides is 2. The van der Waals surface area contributed by atoms with Crippen molar-refractivity contribution in [2.45, 2.75) is 19.9 Å². The van der Waals surface area contributed by atoms with Crippen molar-refractivity contribution in [1.29, 1.82) is 0 Å². The van der Waals surface area contributed by atoms with E-state index in [1.807, 2.05) is 13.0 Å². The van der Waals surface area contributed by atoms with Gasteiger partial charge in [0, 0.05) is 5.69 Å². The maximum atomic E-state index is 12.1. The van der Waals surface area contributed by atoms with Crippen LogP contribution in [0.5, 0.6) is 5.75 Å². The van der Waals surface area contributed by atoms with E-state index < -0.39 is 6.04 Å². The van der Waals surface area contributed by atoms with E-state index in [0.717, 1.165) is 17.0 Å². The van der Waals surface area contributed by atoms with Crippen LogP contribution in [0.2, 0.25) is 0 Å². The van der Waals surface area contributed by atoms with Gasteiger partial charge in [0.25, 0.3) is 0 Å². The van der Waals surface area contributed by atoms with E-state index in [2.05, 4.69) is 5.32 Å². The molecule has 2 amide bonds. The van der Waals surface area contributed by atoms with Gasteiger partial charge in [-0.1, -0.05) is 0 Å². The molecule has 1 fully saturated rings. The minimum Gasteiger partial charge on any atom is -0.497 e. The van der Waals surface area contributed by atoms with Crippen molar-refractivity contribution in [3.8, 4) is 5.75 Å². The number of rotatable bonds is 2. The van der Waals surface area contributed by atoms with E-state index in [0.29, 0.717) is 0 Å². The fourth-order valence-electron chi connectivity index (χ4n) is 2.07. The number of nitrogens with one attached hydrogen (secondary N) is 1. The number of piperazine rings is 1. The van der Waals surface area contributed by atoms with Crippen molar-refractivity contribution < 1.29 is 14.3 Å². The quantitative estimate of drug-likeness (QED) is 0.844. The molecular formula is C13H16N2O3. The Hall–Kier alpha value is -2.04. The SMILES string of the molecule is COc1ccc(N2CC(=O)NC(C)C2=O)c(C)c1. The van der Waals surface area contributed by atoms with Gasteiger partial charge in [0.05, 0.1) is 7.11 Å². The largest absolute Gasteiger partial charge is 0.497 e. The maximum Gasteiger partial charge on any atom is 0.249 e. The normalized spacial score (nSPS) is 19.7. The molecule has 2 rings (SSSR count). The Morgan fingerprint density at radius 1 is 1.39 bits per heavy atom. The molecule has 5 nitrogen and oxygen atoms in total. The molecule has 96 valence electrons. The van der Waals surface area contributed by atoms with Gasteiger partial charge in [0.1, 0.15) is 18.3 Å². The Bertz CT molecular complexity index is 499. The number of carbonyl (C=O) groups excluding carboxylic acids is 2. The summed E-state index contributed by atoms with van der Waals surface area (Å²) in [7, 11) is 1.59. The molecule has 18 heavy (non-hydrogen) atoms. The zero-order valence-corrected chi connectivity index (χ0v) is 10.7. The Morgan fingerprint density at radius 2 is 2.11 bits per heavy atom. The number of benzene rings is 1. The Labute approximate surface area is 106 Å². The summed E-state index contributed by atoms with van der Waals surface area (Å²) >= 11 is 0. The number of aryl methyl sites for hydroxylation is 1. The lowest BCUT2D eigenvalue weighted by Gasteiger charge is -2.31. The molecule has 1 aliphatic heterocycles. The van der Waals surface area contributed by atoms with Gasteiger partial charge in [-0.15, -0.1) is 0 Å². The molecule has 0 spiro atoms. The van der Waals surface area contributed by atoms with E-state index in [9.17, 15) is 9.59 Å². The molecule has 5 heteroatoms. The summed E-state index contributed by atoms with van der Waals surface area (Å²) in [5, 5.41) is 2.62. The number of ether oxygens (including phenoxy) is 1. The minimum absolute atomic E-state index is 0.0658. The first-order valence-corrected chi connectivity index (χ1v) is 5.78. The van der Waals surface area contributed by atoms with E-state index in [-0.39, 0.29) is 18.4 Å².